The third-order valence-corrected chi connectivity index (χ3v) is 3.69. The average molecular weight is 255 g/mol. The van der Waals surface area contributed by atoms with E-state index in [0.29, 0.717) is 5.92 Å². The summed E-state index contributed by atoms with van der Waals surface area (Å²) in [6.45, 7) is 4.34. The second-order valence-corrected chi connectivity index (χ2v) is 5.33. The van der Waals surface area contributed by atoms with E-state index in [9.17, 15) is 4.79 Å². The number of hydrogen-bond acceptors (Lipinski definition) is 3. The first-order valence-electron chi connectivity index (χ1n) is 7.17. The van der Waals surface area contributed by atoms with E-state index < -0.39 is 0 Å². The Hall–Kier alpha value is -0.810. The van der Waals surface area contributed by atoms with Crippen molar-refractivity contribution in [3.8, 4) is 0 Å². The largest absolute Gasteiger partial charge is 0.381 e. The lowest BCUT2D eigenvalue weighted by Crippen LogP contribution is -2.47. The molecule has 0 spiro atoms. The molecule has 2 aliphatic heterocycles. The van der Waals surface area contributed by atoms with Crippen molar-refractivity contribution >= 4 is 6.03 Å². The first-order valence-corrected chi connectivity index (χ1v) is 7.17. The van der Waals surface area contributed by atoms with Gasteiger partial charge in [-0.3, -0.25) is 0 Å². The predicted octanol–water partition coefficient (Wildman–Crippen LogP) is 0.854. The normalized spacial score (nSPS) is 29.3. The maximum Gasteiger partial charge on any atom is 0.315 e. The molecule has 2 amide bonds. The highest BCUT2D eigenvalue weighted by atomic mass is 16.5. The van der Waals surface area contributed by atoms with Crippen LogP contribution in [0.3, 0.4) is 0 Å². The molecule has 18 heavy (non-hydrogen) atoms. The number of carbonyl (C=O) groups excluding carboxylic acids is 1. The topological polar surface area (TPSA) is 62.4 Å². The SMILES string of the molecule is O=C(NCC1CCCOC1)NC1CCCCNC1. The zero-order chi connectivity index (χ0) is 12.6. The molecule has 5 nitrogen and oxygen atoms in total. The number of rotatable bonds is 3. The highest BCUT2D eigenvalue weighted by Crippen LogP contribution is 2.12. The molecule has 0 aliphatic carbocycles. The van der Waals surface area contributed by atoms with Crippen LogP contribution >= 0.6 is 0 Å². The van der Waals surface area contributed by atoms with Crippen LogP contribution in [0.2, 0.25) is 0 Å². The van der Waals surface area contributed by atoms with Gasteiger partial charge < -0.3 is 20.7 Å². The van der Waals surface area contributed by atoms with Crippen LogP contribution in [0.1, 0.15) is 32.1 Å². The third kappa shape index (κ3) is 4.82. The summed E-state index contributed by atoms with van der Waals surface area (Å²) in [5, 5.41) is 9.35. The van der Waals surface area contributed by atoms with Crippen LogP contribution < -0.4 is 16.0 Å². The molecule has 5 heteroatoms. The molecule has 0 bridgehead atoms. The van der Waals surface area contributed by atoms with Crippen LogP contribution in [0.4, 0.5) is 4.79 Å². The van der Waals surface area contributed by atoms with Gasteiger partial charge in [0.25, 0.3) is 0 Å². The molecule has 0 aromatic rings. The standard InChI is InChI=1S/C13H25N3O2/c17-13(15-8-11-4-3-7-18-10-11)16-12-5-1-2-6-14-9-12/h11-12,14H,1-10H2,(H2,15,16,17). The zero-order valence-corrected chi connectivity index (χ0v) is 11.0. The quantitative estimate of drug-likeness (QED) is 0.701. The van der Waals surface area contributed by atoms with Gasteiger partial charge in [-0.2, -0.15) is 0 Å². The fourth-order valence-corrected chi connectivity index (χ4v) is 2.58. The highest BCUT2D eigenvalue weighted by Gasteiger charge is 2.17. The summed E-state index contributed by atoms with van der Waals surface area (Å²) >= 11 is 0. The number of ether oxygens (including phenoxy) is 1. The van der Waals surface area contributed by atoms with E-state index in [1.807, 2.05) is 0 Å². The minimum atomic E-state index is -0.0331. The number of amides is 2. The van der Waals surface area contributed by atoms with Crippen molar-refractivity contribution in [3.63, 3.8) is 0 Å². The average Bonchev–Trinajstić information content (AvgIpc) is 2.66. The van der Waals surface area contributed by atoms with Crippen molar-refractivity contribution in [2.24, 2.45) is 5.92 Å². The smallest absolute Gasteiger partial charge is 0.315 e. The van der Waals surface area contributed by atoms with Gasteiger partial charge in [0.05, 0.1) is 6.61 Å². The molecule has 2 aliphatic rings. The maximum absolute atomic E-state index is 11.8. The van der Waals surface area contributed by atoms with Crippen LogP contribution in [-0.4, -0.2) is 44.9 Å². The molecule has 104 valence electrons. The van der Waals surface area contributed by atoms with Gasteiger partial charge in [-0.25, -0.2) is 4.79 Å². The Morgan fingerprint density at radius 1 is 1.28 bits per heavy atom. The van der Waals surface area contributed by atoms with E-state index in [1.165, 1.54) is 12.8 Å². The van der Waals surface area contributed by atoms with Gasteiger partial charge in [0.1, 0.15) is 0 Å². The molecule has 0 radical (unpaired) electrons. The molecule has 0 saturated carbocycles. The Balaban J connectivity index is 1.61. The van der Waals surface area contributed by atoms with E-state index in [4.69, 9.17) is 4.74 Å². The van der Waals surface area contributed by atoms with E-state index >= 15 is 0 Å². The van der Waals surface area contributed by atoms with Crippen LogP contribution in [-0.2, 0) is 4.74 Å². The predicted molar refractivity (Wildman–Crippen MR) is 70.6 cm³/mol. The Labute approximate surface area is 109 Å². The van der Waals surface area contributed by atoms with Gasteiger partial charge in [0.2, 0.25) is 0 Å². The molecule has 2 atom stereocenters. The van der Waals surface area contributed by atoms with Crippen molar-refractivity contribution in [2.75, 3.05) is 32.8 Å². The minimum absolute atomic E-state index is 0.0331. The summed E-state index contributed by atoms with van der Waals surface area (Å²) in [7, 11) is 0. The first kappa shape index (κ1) is 13.6. The van der Waals surface area contributed by atoms with Gasteiger partial charge >= 0.3 is 6.03 Å². The molecule has 0 aromatic heterocycles. The molecule has 2 unspecified atom stereocenters. The zero-order valence-electron chi connectivity index (χ0n) is 11.0. The number of nitrogens with one attached hydrogen (secondary N) is 3. The molecular formula is C13H25N3O2. The summed E-state index contributed by atoms with van der Waals surface area (Å²) in [4.78, 5) is 11.8. The summed E-state index contributed by atoms with van der Waals surface area (Å²) in [5.41, 5.74) is 0. The number of hydrogen-bond donors (Lipinski definition) is 3. The van der Waals surface area contributed by atoms with Gasteiger partial charge in [-0.1, -0.05) is 6.42 Å². The third-order valence-electron chi connectivity index (χ3n) is 3.69. The fourth-order valence-electron chi connectivity index (χ4n) is 2.58. The number of urea groups is 1. The summed E-state index contributed by atoms with van der Waals surface area (Å²) in [6.07, 6.45) is 5.74. The fraction of sp³-hybridized carbons (Fsp3) is 0.923. The number of carbonyl (C=O) groups is 1. The highest BCUT2D eigenvalue weighted by molar-refractivity contribution is 5.74. The first-order chi connectivity index (χ1) is 8.84. The monoisotopic (exact) mass is 255 g/mol. The second kappa shape index (κ2) is 7.59. The van der Waals surface area contributed by atoms with Crippen molar-refractivity contribution < 1.29 is 9.53 Å². The van der Waals surface area contributed by atoms with Gasteiger partial charge in [0.15, 0.2) is 0 Å². The van der Waals surface area contributed by atoms with Crippen molar-refractivity contribution in [1.29, 1.82) is 0 Å². The van der Waals surface area contributed by atoms with Crippen LogP contribution in [0.25, 0.3) is 0 Å². The lowest BCUT2D eigenvalue weighted by molar-refractivity contribution is 0.0557. The Kier molecular flexibility index (Phi) is 5.74. The van der Waals surface area contributed by atoms with Crippen molar-refractivity contribution in [1.82, 2.24) is 16.0 Å². The van der Waals surface area contributed by atoms with E-state index in [2.05, 4.69) is 16.0 Å². The summed E-state index contributed by atoms with van der Waals surface area (Å²) in [6, 6.07) is 0.240. The van der Waals surface area contributed by atoms with Crippen molar-refractivity contribution in [3.05, 3.63) is 0 Å². The molecule has 0 aromatic carbocycles. The molecule has 2 rings (SSSR count). The lowest BCUT2D eigenvalue weighted by atomic mass is 10.0. The van der Waals surface area contributed by atoms with Crippen LogP contribution in [0.15, 0.2) is 0 Å². The van der Waals surface area contributed by atoms with E-state index in [1.54, 1.807) is 0 Å². The Morgan fingerprint density at radius 2 is 2.22 bits per heavy atom. The Morgan fingerprint density at radius 3 is 3.06 bits per heavy atom. The summed E-state index contributed by atoms with van der Waals surface area (Å²) < 4.78 is 5.40. The van der Waals surface area contributed by atoms with Crippen LogP contribution in [0, 0.1) is 5.92 Å². The summed E-state index contributed by atoms with van der Waals surface area (Å²) in [5.74, 6) is 0.483. The second-order valence-electron chi connectivity index (χ2n) is 5.33. The molecule has 2 saturated heterocycles. The molecular weight excluding hydrogens is 230 g/mol. The molecule has 3 N–H and O–H groups in total. The van der Waals surface area contributed by atoms with E-state index in [0.717, 1.165) is 52.1 Å². The Bertz CT molecular complexity index is 247. The minimum Gasteiger partial charge on any atom is -0.381 e. The van der Waals surface area contributed by atoms with E-state index in [-0.39, 0.29) is 12.1 Å². The van der Waals surface area contributed by atoms with Gasteiger partial charge in [-0.15, -0.1) is 0 Å². The van der Waals surface area contributed by atoms with Gasteiger partial charge in [-0.05, 0) is 38.1 Å². The molecule has 2 heterocycles. The van der Waals surface area contributed by atoms with Crippen LogP contribution in [0.5, 0.6) is 0 Å². The van der Waals surface area contributed by atoms with Crippen molar-refractivity contribution in [2.45, 2.75) is 38.1 Å². The molecule has 2 fully saturated rings. The lowest BCUT2D eigenvalue weighted by Gasteiger charge is -2.23. The van der Waals surface area contributed by atoms with Gasteiger partial charge in [0, 0.05) is 25.7 Å². The maximum atomic E-state index is 11.8.